The van der Waals surface area contributed by atoms with E-state index in [1.165, 1.54) is 7.11 Å². The fourth-order valence-electron chi connectivity index (χ4n) is 4.18. The summed E-state index contributed by atoms with van der Waals surface area (Å²) in [6, 6.07) is 15.2. The number of methoxy groups -OCH3 is 1. The first-order chi connectivity index (χ1) is 15.7. The average molecular weight is 486 g/mol. The molecule has 174 valence electrons. The number of nitrogens with one attached hydrogen (secondary N) is 2. The highest BCUT2D eigenvalue weighted by atomic mass is 32.2. The van der Waals surface area contributed by atoms with Crippen molar-refractivity contribution in [2.75, 3.05) is 23.0 Å². The number of rotatable bonds is 7. The first kappa shape index (κ1) is 23.1. The predicted molar refractivity (Wildman–Crippen MR) is 134 cm³/mol. The Balaban J connectivity index is 1.83. The molecule has 1 fully saturated rings. The van der Waals surface area contributed by atoms with Gasteiger partial charge in [-0.25, -0.2) is 8.42 Å². The molecule has 33 heavy (non-hydrogen) atoms. The lowest BCUT2D eigenvalue weighted by atomic mass is 10.0. The van der Waals surface area contributed by atoms with Gasteiger partial charge >= 0.3 is 0 Å². The molecule has 0 bridgehead atoms. The largest absolute Gasteiger partial charge is 0.494 e. The minimum atomic E-state index is -3.45. The molecule has 0 radical (unpaired) electrons. The van der Waals surface area contributed by atoms with Crippen molar-refractivity contribution in [3.05, 3.63) is 72.3 Å². The van der Waals surface area contributed by atoms with Crippen LogP contribution in [0.1, 0.15) is 43.4 Å². The average Bonchev–Trinajstić information content (AvgIpc) is 3.38. The summed E-state index contributed by atoms with van der Waals surface area (Å²) in [6.07, 6.45) is 4.94. The van der Waals surface area contributed by atoms with Crippen LogP contribution in [0.5, 0.6) is 5.75 Å². The highest BCUT2D eigenvalue weighted by molar-refractivity contribution is 7.92. The lowest BCUT2D eigenvalue weighted by Crippen LogP contribution is -2.30. The minimum Gasteiger partial charge on any atom is -0.494 e. The molecule has 2 N–H and O–H groups in total. The lowest BCUT2D eigenvalue weighted by Gasteiger charge is -2.30. The molecule has 8 nitrogen and oxygen atoms in total. The Morgan fingerprint density at radius 1 is 1.18 bits per heavy atom. The standard InChI is InChI=1S/C23H27N5O3S2/c1-15(2)27-13-7-9-19(27)22-21(18-8-5-6-12-24-18)25-23(32)28(22)16-10-11-17(20(14-16)31-3)26-33(4,29)30/h5-15,21-22,26H,1-4H3,(H,25,32)/t21-,22-/m0/s1. The topological polar surface area (TPSA) is 88.5 Å². The molecule has 4 rings (SSSR count). The molecular weight excluding hydrogens is 458 g/mol. The normalized spacial score (nSPS) is 18.5. The molecule has 1 aliphatic rings. The molecule has 3 aromatic rings. The Bertz CT molecular complexity index is 1260. The third kappa shape index (κ3) is 4.67. The quantitative estimate of drug-likeness (QED) is 0.489. The highest BCUT2D eigenvalue weighted by Crippen LogP contribution is 2.43. The molecule has 3 heterocycles. The van der Waals surface area contributed by atoms with Crippen LogP contribution in [0.2, 0.25) is 0 Å². The van der Waals surface area contributed by atoms with E-state index in [9.17, 15) is 8.42 Å². The minimum absolute atomic E-state index is 0.175. The molecule has 2 atom stereocenters. The van der Waals surface area contributed by atoms with Crippen molar-refractivity contribution in [2.24, 2.45) is 0 Å². The second kappa shape index (κ2) is 9.03. The Kier molecular flexibility index (Phi) is 6.31. The van der Waals surface area contributed by atoms with Gasteiger partial charge < -0.3 is 19.5 Å². The van der Waals surface area contributed by atoms with E-state index in [1.54, 1.807) is 18.3 Å². The number of aromatic nitrogens is 2. The number of anilines is 2. The van der Waals surface area contributed by atoms with E-state index >= 15 is 0 Å². The van der Waals surface area contributed by atoms with Gasteiger partial charge in [0.25, 0.3) is 0 Å². The number of sulfonamides is 1. The van der Waals surface area contributed by atoms with Gasteiger partial charge in [0.05, 0.1) is 30.8 Å². The van der Waals surface area contributed by atoms with Crippen molar-refractivity contribution >= 4 is 38.7 Å². The van der Waals surface area contributed by atoms with Gasteiger partial charge in [0, 0.05) is 35.9 Å². The highest BCUT2D eigenvalue weighted by Gasteiger charge is 2.42. The lowest BCUT2D eigenvalue weighted by molar-refractivity contribution is 0.416. The third-order valence-electron chi connectivity index (χ3n) is 5.53. The number of hydrogen-bond acceptors (Lipinski definition) is 5. The zero-order valence-corrected chi connectivity index (χ0v) is 20.5. The van der Waals surface area contributed by atoms with Crippen molar-refractivity contribution in [3.8, 4) is 5.75 Å². The van der Waals surface area contributed by atoms with Crippen molar-refractivity contribution < 1.29 is 13.2 Å². The van der Waals surface area contributed by atoms with Gasteiger partial charge in [0.2, 0.25) is 10.0 Å². The second-order valence-electron chi connectivity index (χ2n) is 8.19. The summed E-state index contributed by atoms with van der Waals surface area (Å²) in [5.41, 5.74) is 3.12. The van der Waals surface area contributed by atoms with Crippen LogP contribution >= 0.6 is 12.2 Å². The van der Waals surface area contributed by atoms with Gasteiger partial charge in [-0.3, -0.25) is 9.71 Å². The van der Waals surface area contributed by atoms with Gasteiger partial charge in [0.1, 0.15) is 11.8 Å². The smallest absolute Gasteiger partial charge is 0.229 e. The first-order valence-corrected chi connectivity index (χ1v) is 12.8. The number of benzene rings is 1. The van der Waals surface area contributed by atoms with Crippen molar-refractivity contribution in [3.63, 3.8) is 0 Å². The Morgan fingerprint density at radius 2 is 1.97 bits per heavy atom. The van der Waals surface area contributed by atoms with Crippen molar-refractivity contribution in [1.29, 1.82) is 0 Å². The number of thiocarbonyl (C=S) groups is 1. The van der Waals surface area contributed by atoms with E-state index in [0.717, 1.165) is 23.3 Å². The molecule has 0 unspecified atom stereocenters. The summed E-state index contributed by atoms with van der Waals surface area (Å²) in [6.45, 7) is 4.28. The molecule has 0 spiro atoms. The van der Waals surface area contributed by atoms with Gasteiger partial charge in [-0.2, -0.15) is 0 Å². The zero-order valence-electron chi connectivity index (χ0n) is 18.9. The van der Waals surface area contributed by atoms with Crippen LogP contribution < -0.4 is 19.7 Å². The first-order valence-electron chi connectivity index (χ1n) is 10.5. The van der Waals surface area contributed by atoms with Crippen molar-refractivity contribution in [1.82, 2.24) is 14.9 Å². The predicted octanol–water partition coefficient (Wildman–Crippen LogP) is 4.02. The maximum absolute atomic E-state index is 11.8. The fraction of sp³-hybridized carbons (Fsp3) is 0.304. The maximum Gasteiger partial charge on any atom is 0.229 e. The summed E-state index contributed by atoms with van der Waals surface area (Å²) in [4.78, 5) is 6.62. The van der Waals surface area contributed by atoms with E-state index < -0.39 is 10.0 Å². The van der Waals surface area contributed by atoms with Gasteiger partial charge in [0.15, 0.2) is 5.11 Å². The molecule has 1 saturated heterocycles. The SMILES string of the molecule is COc1cc(N2C(=S)N[C@@H](c3ccccn3)[C@@H]2c2cccn2C(C)C)ccc1NS(C)(=O)=O. The van der Waals surface area contributed by atoms with Crippen LogP contribution in [0.4, 0.5) is 11.4 Å². The van der Waals surface area contributed by atoms with Gasteiger partial charge in [-0.05, 0) is 62.5 Å². The summed E-state index contributed by atoms with van der Waals surface area (Å²) in [5.74, 6) is 0.403. The van der Waals surface area contributed by atoms with Crippen LogP contribution in [0, 0.1) is 0 Å². The van der Waals surface area contributed by atoms with Crippen molar-refractivity contribution in [2.45, 2.75) is 32.0 Å². The Hall–Kier alpha value is -3.11. The molecule has 0 saturated carbocycles. The van der Waals surface area contributed by atoms with E-state index in [1.807, 2.05) is 35.2 Å². The number of nitrogens with zero attached hydrogens (tertiary/aromatic N) is 3. The van der Waals surface area contributed by atoms with E-state index in [4.69, 9.17) is 17.0 Å². The molecule has 1 aliphatic heterocycles. The molecule has 0 aliphatic carbocycles. The number of hydrogen-bond donors (Lipinski definition) is 2. The Morgan fingerprint density at radius 3 is 2.61 bits per heavy atom. The van der Waals surface area contributed by atoms with E-state index in [2.05, 4.69) is 45.7 Å². The van der Waals surface area contributed by atoms with Crippen LogP contribution in [0.15, 0.2) is 60.9 Å². The summed E-state index contributed by atoms with van der Waals surface area (Å²) in [5, 5.41) is 4.00. The third-order valence-corrected chi connectivity index (χ3v) is 6.43. The molecule has 10 heteroatoms. The Labute approximate surface area is 199 Å². The van der Waals surface area contributed by atoms with Crippen LogP contribution in [-0.4, -0.2) is 36.4 Å². The van der Waals surface area contributed by atoms with Crippen LogP contribution in [0.25, 0.3) is 0 Å². The van der Waals surface area contributed by atoms with Gasteiger partial charge in [-0.1, -0.05) is 6.07 Å². The summed E-state index contributed by atoms with van der Waals surface area (Å²) < 4.78 is 33.7. The molecule has 2 aromatic heterocycles. The van der Waals surface area contributed by atoms with Crippen LogP contribution in [0.3, 0.4) is 0 Å². The fourth-order valence-corrected chi connectivity index (χ4v) is 5.09. The molecular formula is C23H27N5O3S2. The molecule has 0 amide bonds. The van der Waals surface area contributed by atoms with E-state index in [-0.39, 0.29) is 18.1 Å². The maximum atomic E-state index is 11.8. The van der Waals surface area contributed by atoms with Gasteiger partial charge in [-0.15, -0.1) is 0 Å². The zero-order chi connectivity index (χ0) is 23.8. The van der Waals surface area contributed by atoms with Crippen LogP contribution in [-0.2, 0) is 10.0 Å². The number of ether oxygens (including phenoxy) is 1. The summed E-state index contributed by atoms with van der Waals surface area (Å²) in [7, 11) is -1.95. The second-order valence-corrected chi connectivity index (χ2v) is 10.3. The number of pyridine rings is 1. The molecule has 1 aromatic carbocycles. The van der Waals surface area contributed by atoms with E-state index in [0.29, 0.717) is 16.5 Å². The monoisotopic (exact) mass is 485 g/mol. The summed E-state index contributed by atoms with van der Waals surface area (Å²) >= 11 is 5.78.